The van der Waals surface area contributed by atoms with Crippen LogP contribution in [0.25, 0.3) is 0 Å². The molecule has 0 spiro atoms. The van der Waals surface area contributed by atoms with E-state index in [0.29, 0.717) is 23.7 Å². The zero-order valence-corrected chi connectivity index (χ0v) is 35.3. The number of nitrogens with zero attached hydrogens (tertiary/aromatic N) is 1. The van der Waals surface area contributed by atoms with Gasteiger partial charge in [-0.2, -0.15) is 0 Å². The number of carbonyl (C=O) groups excluding carboxylic acids is 2. The fourth-order valence-electron chi connectivity index (χ4n) is 12.6. The van der Waals surface area contributed by atoms with E-state index in [4.69, 9.17) is 0 Å². The predicted molar refractivity (Wildman–Crippen MR) is 229 cm³/mol. The molecule has 0 aromatic heterocycles. The molecular weight excluding hydrogens is 661 g/mol. The lowest BCUT2D eigenvalue weighted by molar-refractivity contribution is -0.136. The third-order valence-corrected chi connectivity index (χ3v) is 15.6. The summed E-state index contributed by atoms with van der Waals surface area (Å²) in [5, 5.41) is 3.35. The summed E-state index contributed by atoms with van der Waals surface area (Å²) in [5.41, 5.74) is 1.09. The minimum Gasteiger partial charge on any atom is -0.353 e. The highest BCUT2D eigenvalue weighted by Gasteiger charge is 2.61. The summed E-state index contributed by atoms with van der Waals surface area (Å²) in [6, 6.07) is 0.217. The lowest BCUT2D eigenvalue weighted by Gasteiger charge is -2.62. The van der Waals surface area contributed by atoms with E-state index in [2.05, 4.69) is 93.8 Å². The molecule has 0 bridgehead atoms. The van der Waals surface area contributed by atoms with E-state index in [-0.39, 0.29) is 17.9 Å². The van der Waals surface area contributed by atoms with Crippen LogP contribution in [0.5, 0.6) is 0 Å². The van der Waals surface area contributed by atoms with E-state index in [1.165, 1.54) is 70.6 Å². The molecule has 5 rings (SSSR count). The largest absolute Gasteiger partial charge is 0.353 e. The molecule has 4 saturated carbocycles. The number of piperidine rings is 1. The number of hydrogen-bond acceptors (Lipinski definition) is 2. The number of carbonyl (C=O) groups is 2. The fraction of sp³-hybridized carbons (Fsp3) is 0.760. The topological polar surface area (TPSA) is 49.4 Å². The van der Waals surface area contributed by atoms with Gasteiger partial charge in [-0.05, 0) is 162 Å². The van der Waals surface area contributed by atoms with Crippen LogP contribution >= 0.6 is 0 Å². The van der Waals surface area contributed by atoms with Crippen molar-refractivity contribution in [2.75, 3.05) is 13.1 Å². The molecule has 1 heterocycles. The maximum Gasteiger partial charge on any atom is 0.222 e. The van der Waals surface area contributed by atoms with Crippen molar-refractivity contribution >= 4 is 11.8 Å². The third kappa shape index (κ3) is 11.4. The van der Waals surface area contributed by atoms with Gasteiger partial charge in [0.2, 0.25) is 11.8 Å². The van der Waals surface area contributed by atoms with Crippen LogP contribution in [-0.4, -0.2) is 35.8 Å². The molecule has 0 aromatic rings. The van der Waals surface area contributed by atoms with Gasteiger partial charge in [-0.1, -0.05) is 108 Å². The molecular formula is C50H80N2O2. The Balaban J connectivity index is 0.908. The van der Waals surface area contributed by atoms with E-state index in [9.17, 15) is 9.59 Å². The Morgan fingerprint density at radius 2 is 1.31 bits per heavy atom. The Hall–Kier alpha value is -2.36. The number of rotatable bonds is 19. The van der Waals surface area contributed by atoms with Crippen molar-refractivity contribution in [1.82, 2.24) is 10.2 Å². The van der Waals surface area contributed by atoms with Gasteiger partial charge in [-0.15, -0.1) is 0 Å². The van der Waals surface area contributed by atoms with Crippen LogP contribution in [0.1, 0.15) is 175 Å². The quantitative estimate of drug-likeness (QED) is 0.106. The minimum absolute atomic E-state index is 0.217. The van der Waals surface area contributed by atoms with Crippen molar-refractivity contribution in [2.24, 2.45) is 46.3 Å². The normalized spacial score (nSPS) is 33.3. The second kappa shape index (κ2) is 21.8. The number of hydrogen-bond donors (Lipinski definition) is 1. The molecule has 5 fully saturated rings. The standard InChI is InChI=1S/C50H80N2O2/c1-5-7-8-9-10-11-12-13-14-15-16-17-18-19-20-21-22-29-48(54)52-37-33-42(34-38-52)51-47(53)28-25-26-41-30-31-45-43-39-40(6-2)44-27-23-24-35-50(44,4)46(43)32-36-49(41,45)3/h7-8,10-11,13-14,16-17,19-20,40-46H,5-6,9,12,15,18,21-39H2,1-4H3,(H,51,53)/b8-7-,11-10-,14-13-,17-16-,20-19-/t40-,41?,43?,44?,45?,46-,49?,50?/m0/s1. The van der Waals surface area contributed by atoms with Gasteiger partial charge in [0.25, 0.3) is 0 Å². The number of likely N-dealkylation sites (tertiary alicyclic amines) is 1. The van der Waals surface area contributed by atoms with Gasteiger partial charge in [-0.25, -0.2) is 0 Å². The van der Waals surface area contributed by atoms with E-state index in [1.807, 2.05) is 4.90 Å². The molecule has 54 heavy (non-hydrogen) atoms. The average Bonchev–Trinajstić information content (AvgIpc) is 3.51. The van der Waals surface area contributed by atoms with E-state index < -0.39 is 0 Å². The molecule has 0 aromatic carbocycles. The van der Waals surface area contributed by atoms with Gasteiger partial charge in [0.1, 0.15) is 0 Å². The zero-order valence-electron chi connectivity index (χ0n) is 35.3. The van der Waals surface area contributed by atoms with Gasteiger partial charge in [0, 0.05) is 32.0 Å². The first kappa shape index (κ1) is 42.8. The zero-order chi connectivity index (χ0) is 38.2. The van der Waals surface area contributed by atoms with E-state index >= 15 is 0 Å². The molecule has 2 amide bonds. The molecule has 1 aliphatic heterocycles. The molecule has 302 valence electrons. The highest BCUT2D eigenvalue weighted by molar-refractivity contribution is 5.77. The molecule has 0 radical (unpaired) electrons. The highest BCUT2D eigenvalue weighted by atomic mass is 16.2. The van der Waals surface area contributed by atoms with Crippen molar-refractivity contribution in [2.45, 2.75) is 181 Å². The Morgan fingerprint density at radius 3 is 1.98 bits per heavy atom. The summed E-state index contributed by atoms with van der Waals surface area (Å²) in [6.07, 6.45) is 48.9. The average molecular weight is 741 g/mol. The fourth-order valence-corrected chi connectivity index (χ4v) is 12.6. The highest BCUT2D eigenvalue weighted by Crippen LogP contribution is 2.69. The van der Waals surface area contributed by atoms with E-state index in [1.54, 1.807) is 0 Å². The summed E-state index contributed by atoms with van der Waals surface area (Å²) in [4.78, 5) is 27.9. The summed E-state index contributed by atoms with van der Waals surface area (Å²) in [5.74, 6) is 6.05. The van der Waals surface area contributed by atoms with Gasteiger partial charge >= 0.3 is 0 Å². The Kier molecular flexibility index (Phi) is 17.3. The second-order valence-electron chi connectivity index (χ2n) is 18.7. The molecule has 4 nitrogen and oxygen atoms in total. The molecule has 1 N–H and O–H groups in total. The van der Waals surface area contributed by atoms with Crippen molar-refractivity contribution in [3.63, 3.8) is 0 Å². The lowest BCUT2D eigenvalue weighted by Crippen LogP contribution is -2.55. The summed E-state index contributed by atoms with van der Waals surface area (Å²) >= 11 is 0. The molecule has 4 heteroatoms. The number of nitrogens with one attached hydrogen (secondary N) is 1. The molecule has 4 aliphatic carbocycles. The van der Waals surface area contributed by atoms with Gasteiger partial charge in [-0.3, -0.25) is 9.59 Å². The Labute approximate surface area is 332 Å². The van der Waals surface area contributed by atoms with E-state index in [0.717, 1.165) is 113 Å². The molecule has 8 atom stereocenters. The number of unbranched alkanes of at least 4 members (excludes halogenated alkanes) is 1. The smallest absolute Gasteiger partial charge is 0.222 e. The second-order valence-corrected chi connectivity index (χ2v) is 18.7. The Morgan fingerprint density at radius 1 is 0.667 bits per heavy atom. The first-order chi connectivity index (χ1) is 26.3. The molecule has 6 unspecified atom stereocenters. The van der Waals surface area contributed by atoms with Crippen molar-refractivity contribution < 1.29 is 9.59 Å². The van der Waals surface area contributed by atoms with Gasteiger partial charge < -0.3 is 10.2 Å². The molecule has 1 saturated heterocycles. The predicted octanol–water partition coefficient (Wildman–Crippen LogP) is 12.9. The third-order valence-electron chi connectivity index (χ3n) is 15.6. The van der Waals surface area contributed by atoms with Crippen molar-refractivity contribution in [3.8, 4) is 0 Å². The molecule has 5 aliphatic rings. The number of amides is 2. The Bertz CT molecular complexity index is 1300. The van der Waals surface area contributed by atoms with Crippen LogP contribution in [0, 0.1) is 46.3 Å². The van der Waals surface area contributed by atoms with Crippen molar-refractivity contribution in [3.05, 3.63) is 60.8 Å². The number of fused-ring (bicyclic) bond motifs is 5. The first-order valence-electron chi connectivity index (χ1n) is 23.1. The maximum absolute atomic E-state index is 13.1. The van der Waals surface area contributed by atoms with Crippen LogP contribution in [0.15, 0.2) is 60.8 Å². The van der Waals surface area contributed by atoms with Gasteiger partial charge in [0.15, 0.2) is 0 Å². The van der Waals surface area contributed by atoms with Crippen LogP contribution in [0.2, 0.25) is 0 Å². The van der Waals surface area contributed by atoms with Crippen molar-refractivity contribution in [1.29, 1.82) is 0 Å². The maximum atomic E-state index is 13.1. The number of allylic oxidation sites excluding steroid dienone is 10. The van der Waals surface area contributed by atoms with Crippen LogP contribution < -0.4 is 5.32 Å². The van der Waals surface area contributed by atoms with Gasteiger partial charge in [0.05, 0.1) is 0 Å². The van der Waals surface area contributed by atoms with Crippen LogP contribution in [0.4, 0.5) is 0 Å². The SMILES string of the molecule is CC/C=C\C/C=C\C/C=C\C/C=C\C/C=C\CCCC(=O)N1CCC(NC(=O)CCCC2CCC3C4C[C@H](CC)C5CCCCC5(C)[C@H]4CCC23C)CC1. The summed E-state index contributed by atoms with van der Waals surface area (Å²) < 4.78 is 0. The minimum atomic E-state index is 0.217. The summed E-state index contributed by atoms with van der Waals surface area (Å²) in [7, 11) is 0. The summed E-state index contributed by atoms with van der Waals surface area (Å²) in [6.45, 7) is 11.6. The van der Waals surface area contributed by atoms with Crippen LogP contribution in [-0.2, 0) is 9.59 Å². The first-order valence-corrected chi connectivity index (χ1v) is 23.1. The van der Waals surface area contributed by atoms with Crippen LogP contribution in [0.3, 0.4) is 0 Å². The monoisotopic (exact) mass is 741 g/mol. The lowest BCUT2D eigenvalue weighted by atomic mass is 9.42.